The smallest absolute Gasteiger partial charge is 0.328 e. The number of hydrogen-bond acceptors (Lipinski definition) is 4. The second-order valence-electron chi connectivity index (χ2n) is 6.32. The molecule has 1 aromatic rings. The van der Waals surface area contributed by atoms with Gasteiger partial charge in [-0.1, -0.05) is 31.9 Å². The number of ether oxygens (including phenoxy) is 1. The molecular weight excluding hydrogens is 358 g/mol. The Bertz CT molecular complexity index is 621. The van der Waals surface area contributed by atoms with Gasteiger partial charge >= 0.3 is 5.97 Å². The Morgan fingerprint density at radius 2 is 1.73 bits per heavy atom. The Kier molecular flexibility index (Phi) is 9.09. The average Bonchev–Trinajstić information content (AvgIpc) is 2.60. The number of likely N-dealkylation sites (N-methyl/N-ethyl adjacent to an activating group) is 1. The van der Waals surface area contributed by atoms with Gasteiger partial charge in [0.15, 0.2) is 13.1 Å². The summed E-state index contributed by atoms with van der Waals surface area (Å²) in [4.78, 5) is 36.8. The van der Waals surface area contributed by atoms with Gasteiger partial charge in [-0.3, -0.25) is 9.59 Å². The first kappa shape index (κ1) is 21.9. The van der Waals surface area contributed by atoms with Crippen molar-refractivity contribution in [2.75, 3.05) is 32.6 Å². The van der Waals surface area contributed by atoms with Gasteiger partial charge in [0, 0.05) is 10.7 Å². The molecule has 2 amide bonds. The van der Waals surface area contributed by atoms with Crippen molar-refractivity contribution in [2.24, 2.45) is 5.92 Å². The molecule has 1 unspecified atom stereocenters. The first-order valence-electron chi connectivity index (χ1n) is 8.50. The van der Waals surface area contributed by atoms with Crippen molar-refractivity contribution in [2.45, 2.75) is 26.3 Å². The molecule has 7 nitrogen and oxygen atoms in total. The molecule has 1 aromatic carbocycles. The molecule has 3 atom stereocenters. The van der Waals surface area contributed by atoms with Crippen LogP contribution >= 0.6 is 11.6 Å². The monoisotopic (exact) mass is 384 g/mol. The summed E-state index contributed by atoms with van der Waals surface area (Å²) < 4.78 is 4.75. The molecule has 26 heavy (non-hydrogen) atoms. The highest BCUT2D eigenvalue weighted by atomic mass is 35.5. The number of esters is 1. The predicted octanol–water partition coefficient (Wildman–Crippen LogP) is 0.497. The van der Waals surface area contributed by atoms with Crippen LogP contribution in [0, 0.1) is 5.92 Å². The summed E-state index contributed by atoms with van der Waals surface area (Å²) in [6.07, 6.45) is 0.728. The van der Waals surface area contributed by atoms with E-state index in [0.717, 1.165) is 6.42 Å². The van der Waals surface area contributed by atoms with Crippen molar-refractivity contribution in [1.82, 2.24) is 5.32 Å². The minimum Gasteiger partial charge on any atom is -0.467 e. The van der Waals surface area contributed by atoms with Gasteiger partial charge in [0.25, 0.3) is 11.8 Å². The molecule has 0 heterocycles. The van der Waals surface area contributed by atoms with E-state index in [1.807, 2.05) is 13.8 Å². The predicted molar refractivity (Wildman–Crippen MR) is 100 cm³/mol. The highest BCUT2D eigenvalue weighted by Crippen LogP contribution is 2.13. The SMILES string of the molecule is CC[C@H](C)[C@H](NC(=O)C[NH+](C)CC(=O)Nc1ccc(Cl)cc1)C(=O)OC. The molecule has 1 rings (SSSR count). The Labute approximate surface area is 159 Å². The third kappa shape index (κ3) is 7.41. The van der Waals surface area contributed by atoms with Crippen LogP contribution in [0.2, 0.25) is 5.02 Å². The number of carbonyl (C=O) groups is 3. The Balaban J connectivity index is 2.50. The number of rotatable bonds is 9. The minimum absolute atomic E-state index is 0.0418. The topological polar surface area (TPSA) is 88.9 Å². The van der Waals surface area contributed by atoms with Crippen LogP contribution in [-0.2, 0) is 19.1 Å². The van der Waals surface area contributed by atoms with Crippen molar-refractivity contribution in [1.29, 1.82) is 0 Å². The zero-order chi connectivity index (χ0) is 19.7. The number of amides is 2. The number of quaternary nitrogens is 1. The molecule has 3 N–H and O–H groups in total. The van der Waals surface area contributed by atoms with Gasteiger partial charge < -0.3 is 20.3 Å². The fourth-order valence-electron chi connectivity index (χ4n) is 2.37. The van der Waals surface area contributed by atoms with Crippen LogP contribution in [0.4, 0.5) is 5.69 Å². The fraction of sp³-hybridized carbons (Fsp3) is 0.500. The molecule has 0 saturated heterocycles. The second-order valence-corrected chi connectivity index (χ2v) is 6.76. The molecular formula is C18H27ClN3O4+. The average molecular weight is 385 g/mol. The van der Waals surface area contributed by atoms with E-state index in [2.05, 4.69) is 10.6 Å². The summed E-state index contributed by atoms with van der Waals surface area (Å²) in [5.74, 6) is -1.03. The maximum Gasteiger partial charge on any atom is 0.328 e. The largest absolute Gasteiger partial charge is 0.467 e. The van der Waals surface area contributed by atoms with Crippen molar-refractivity contribution < 1.29 is 24.0 Å². The normalized spacial score (nSPS) is 14.0. The Morgan fingerprint density at radius 1 is 1.15 bits per heavy atom. The standard InChI is InChI=1S/C18H26ClN3O4/c1-5-12(2)17(18(25)26-4)21-16(24)11-22(3)10-15(23)20-14-8-6-13(19)7-9-14/h6-9,12,17H,5,10-11H2,1-4H3,(H,20,23)(H,21,24)/p+1/t12-,17-/m0/s1. The molecule has 144 valence electrons. The molecule has 0 aliphatic rings. The second kappa shape index (κ2) is 10.8. The van der Waals surface area contributed by atoms with Crippen molar-refractivity contribution in [3.8, 4) is 0 Å². The lowest BCUT2D eigenvalue weighted by atomic mass is 9.99. The molecule has 0 fully saturated rings. The van der Waals surface area contributed by atoms with Crippen LogP contribution in [0.15, 0.2) is 24.3 Å². The molecule has 0 aliphatic carbocycles. The number of carbonyl (C=O) groups excluding carboxylic acids is 3. The lowest BCUT2D eigenvalue weighted by Gasteiger charge is -2.22. The molecule has 0 aliphatic heterocycles. The van der Waals surface area contributed by atoms with E-state index in [-0.39, 0.29) is 30.8 Å². The minimum atomic E-state index is -0.687. The number of hydrogen-bond donors (Lipinski definition) is 3. The number of benzene rings is 1. The van der Waals surface area contributed by atoms with Gasteiger partial charge in [0.2, 0.25) is 0 Å². The van der Waals surface area contributed by atoms with Crippen LogP contribution in [-0.4, -0.2) is 51.1 Å². The van der Waals surface area contributed by atoms with Gasteiger partial charge in [-0.25, -0.2) is 4.79 Å². The summed E-state index contributed by atoms with van der Waals surface area (Å²) >= 11 is 5.80. The third-order valence-corrected chi connectivity index (χ3v) is 4.29. The lowest BCUT2D eigenvalue weighted by Crippen LogP contribution is -3.11. The van der Waals surface area contributed by atoms with Crippen LogP contribution in [0.1, 0.15) is 20.3 Å². The highest BCUT2D eigenvalue weighted by Gasteiger charge is 2.27. The van der Waals surface area contributed by atoms with Crippen molar-refractivity contribution >= 4 is 35.1 Å². The molecule has 0 saturated carbocycles. The summed E-state index contributed by atoms with van der Waals surface area (Å²) in [6, 6.07) is 6.09. The van der Waals surface area contributed by atoms with E-state index in [1.54, 1.807) is 31.3 Å². The van der Waals surface area contributed by atoms with Gasteiger partial charge in [0.05, 0.1) is 14.2 Å². The number of anilines is 1. The quantitative estimate of drug-likeness (QED) is 0.541. The fourth-order valence-corrected chi connectivity index (χ4v) is 2.50. The molecule has 0 bridgehead atoms. The summed E-state index contributed by atoms with van der Waals surface area (Å²) in [7, 11) is 3.03. The van der Waals surface area contributed by atoms with E-state index in [4.69, 9.17) is 16.3 Å². The van der Waals surface area contributed by atoms with E-state index in [1.165, 1.54) is 7.11 Å². The zero-order valence-electron chi connectivity index (χ0n) is 15.6. The first-order chi connectivity index (χ1) is 12.3. The first-order valence-corrected chi connectivity index (χ1v) is 8.88. The van der Waals surface area contributed by atoms with Gasteiger partial charge in [-0.2, -0.15) is 0 Å². The zero-order valence-corrected chi connectivity index (χ0v) is 16.4. The van der Waals surface area contributed by atoms with E-state index in [9.17, 15) is 14.4 Å². The van der Waals surface area contributed by atoms with Gasteiger partial charge in [-0.05, 0) is 30.2 Å². The number of methoxy groups -OCH3 is 1. The maximum absolute atomic E-state index is 12.2. The summed E-state index contributed by atoms with van der Waals surface area (Å²) in [5, 5.41) is 6.03. The summed E-state index contributed by atoms with van der Waals surface area (Å²) in [5.41, 5.74) is 0.638. The molecule has 0 radical (unpaired) electrons. The molecule has 0 spiro atoms. The molecule has 0 aromatic heterocycles. The van der Waals surface area contributed by atoms with Crippen LogP contribution in [0.5, 0.6) is 0 Å². The van der Waals surface area contributed by atoms with E-state index < -0.39 is 12.0 Å². The van der Waals surface area contributed by atoms with Gasteiger partial charge in [-0.15, -0.1) is 0 Å². The van der Waals surface area contributed by atoms with Crippen molar-refractivity contribution in [3.05, 3.63) is 29.3 Å². The lowest BCUT2D eigenvalue weighted by molar-refractivity contribution is -0.862. The van der Waals surface area contributed by atoms with E-state index in [0.29, 0.717) is 15.6 Å². The molecule has 8 heteroatoms. The maximum atomic E-state index is 12.2. The van der Waals surface area contributed by atoms with Crippen LogP contribution in [0.3, 0.4) is 0 Å². The van der Waals surface area contributed by atoms with Gasteiger partial charge in [0.1, 0.15) is 6.04 Å². The Morgan fingerprint density at radius 3 is 2.27 bits per heavy atom. The Hall–Kier alpha value is -2.12. The van der Waals surface area contributed by atoms with E-state index >= 15 is 0 Å². The number of halogens is 1. The highest BCUT2D eigenvalue weighted by molar-refractivity contribution is 6.30. The third-order valence-electron chi connectivity index (χ3n) is 4.04. The van der Waals surface area contributed by atoms with Crippen molar-refractivity contribution in [3.63, 3.8) is 0 Å². The summed E-state index contributed by atoms with van der Waals surface area (Å²) in [6.45, 7) is 3.99. The number of nitrogens with one attached hydrogen (secondary N) is 3. The van der Waals surface area contributed by atoms with Crippen LogP contribution in [0.25, 0.3) is 0 Å². The van der Waals surface area contributed by atoms with Crippen LogP contribution < -0.4 is 15.5 Å².